The zero-order valence-electron chi connectivity index (χ0n) is 12.4. The standard InChI is InChI=1S/C18H22OS/c1-18(2,3)16-9-8-15(20-16)17(19)14-10-12-6-4-5-7-13(12)11-14/h4-9,14,17,19H,10-11H2,1-3H3. The van der Waals surface area contributed by atoms with Gasteiger partial charge < -0.3 is 5.11 Å². The molecule has 1 atom stereocenters. The van der Waals surface area contributed by atoms with E-state index in [9.17, 15) is 5.11 Å². The number of hydrogen-bond donors (Lipinski definition) is 1. The topological polar surface area (TPSA) is 20.2 Å². The Kier molecular flexibility index (Phi) is 3.47. The quantitative estimate of drug-likeness (QED) is 0.862. The molecule has 20 heavy (non-hydrogen) atoms. The molecule has 0 bridgehead atoms. The van der Waals surface area contributed by atoms with Crippen molar-refractivity contribution in [2.24, 2.45) is 5.92 Å². The molecule has 0 saturated carbocycles. The summed E-state index contributed by atoms with van der Waals surface area (Å²) in [6.07, 6.45) is 1.67. The molecule has 0 amide bonds. The number of rotatable bonds is 2. The van der Waals surface area contributed by atoms with E-state index >= 15 is 0 Å². The second-order valence-corrected chi connectivity index (χ2v) is 7.95. The summed E-state index contributed by atoms with van der Waals surface area (Å²) >= 11 is 1.76. The van der Waals surface area contributed by atoms with Crippen molar-refractivity contribution in [1.29, 1.82) is 0 Å². The van der Waals surface area contributed by atoms with Gasteiger partial charge in [0.25, 0.3) is 0 Å². The average Bonchev–Trinajstić information content (AvgIpc) is 3.04. The normalized spacial score (nSPS) is 17.2. The predicted octanol–water partition coefficient (Wildman–Crippen LogP) is 4.49. The monoisotopic (exact) mass is 286 g/mol. The Balaban J connectivity index is 1.78. The largest absolute Gasteiger partial charge is 0.387 e. The zero-order valence-corrected chi connectivity index (χ0v) is 13.2. The van der Waals surface area contributed by atoms with Crippen LogP contribution in [0.5, 0.6) is 0 Å². The summed E-state index contributed by atoms with van der Waals surface area (Å²) in [6.45, 7) is 6.67. The van der Waals surface area contributed by atoms with Gasteiger partial charge >= 0.3 is 0 Å². The lowest BCUT2D eigenvalue weighted by molar-refractivity contribution is 0.117. The molecule has 1 nitrogen and oxygen atoms in total. The second kappa shape index (κ2) is 5.01. The van der Waals surface area contributed by atoms with Gasteiger partial charge in [0.1, 0.15) is 0 Å². The van der Waals surface area contributed by atoms with Crippen molar-refractivity contribution in [3.63, 3.8) is 0 Å². The summed E-state index contributed by atoms with van der Waals surface area (Å²) in [4.78, 5) is 2.47. The van der Waals surface area contributed by atoms with Gasteiger partial charge in [-0.2, -0.15) is 0 Å². The van der Waals surface area contributed by atoms with Crippen molar-refractivity contribution < 1.29 is 5.11 Å². The number of thiophene rings is 1. The summed E-state index contributed by atoms with van der Waals surface area (Å²) in [5.74, 6) is 0.332. The zero-order chi connectivity index (χ0) is 14.3. The highest BCUT2D eigenvalue weighted by Crippen LogP contribution is 2.39. The molecule has 1 aliphatic carbocycles. The minimum absolute atomic E-state index is 0.168. The summed E-state index contributed by atoms with van der Waals surface area (Å²) in [6, 6.07) is 12.9. The first-order chi connectivity index (χ1) is 9.45. The van der Waals surface area contributed by atoms with Crippen LogP contribution in [-0.2, 0) is 18.3 Å². The van der Waals surface area contributed by atoms with Crippen molar-refractivity contribution in [3.05, 3.63) is 57.3 Å². The molecule has 1 aromatic carbocycles. The maximum atomic E-state index is 10.7. The predicted molar refractivity (Wildman–Crippen MR) is 85.3 cm³/mol. The van der Waals surface area contributed by atoms with Gasteiger partial charge in [0, 0.05) is 9.75 Å². The first-order valence-electron chi connectivity index (χ1n) is 7.30. The Morgan fingerprint density at radius 1 is 1.05 bits per heavy atom. The van der Waals surface area contributed by atoms with Crippen molar-refractivity contribution in [2.75, 3.05) is 0 Å². The highest BCUT2D eigenvalue weighted by molar-refractivity contribution is 7.12. The Hall–Kier alpha value is -1.12. The molecule has 1 N–H and O–H groups in total. The summed E-state index contributed by atoms with van der Waals surface area (Å²) in [7, 11) is 0. The highest BCUT2D eigenvalue weighted by atomic mass is 32.1. The number of hydrogen-bond acceptors (Lipinski definition) is 2. The molecule has 0 aliphatic heterocycles. The molecule has 1 aromatic heterocycles. The lowest BCUT2D eigenvalue weighted by atomic mass is 9.94. The number of aliphatic hydroxyl groups is 1. The molecule has 0 fully saturated rings. The average molecular weight is 286 g/mol. The Morgan fingerprint density at radius 2 is 1.65 bits per heavy atom. The maximum Gasteiger partial charge on any atom is 0.0916 e. The third-order valence-electron chi connectivity index (χ3n) is 4.19. The van der Waals surface area contributed by atoms with Gasteiger partial charge in [-0.3, -0.25) is 0 Å². The summed E-state index contributed by atoms with van der Waals surface area (Å²) < 4.78 is 0. The van der Waals surface area contributed by atoms with Crippen LogP contribution in [0.25, 0.3) is 0 Å². The molecule has 2 aromatic rings. The van der Waals surface area contributed by atoms with E-state index in [0.29, 0.717) is 5.92 Å². The van der Waals surface area contributed by atoms with Gasteiger partial charge in [-0.15, -0.1) is 11.3 Å². The lowest BCUT2D eigenvalue weighted by Gasteiger charge is -2.18. The number of benzene rings is 1. The van der Waals surface area contributed by atoms with Crippen LogP contribution in [0, 0.1) is 5.92 Å². The van der Waals surface area contributed by atoms with Crippen LogP contribution in [0.3, 0.4) is 0 Å². The SMILES string of the molecule is CC(C)(C)c1ccc(C(O)C2Cc3ccccc3C2)s1. The maximum absolute atomic E-state index is 10.7. The van der Waals surface area contributed by atoms with Crippen LogP contribution in [-0.4, -0.2) is 5.11 Å². The fourth-order valence-corrected chi connectivity index (χ4v) is 4.11. The van der Waals surface area contributed by atoms with E-state index in [-0.39, 0.29) is 11.5 Å². The molecule has 2 heteroatoms. The summed E-state index contributed by atoms with van der Waals surface area (Å²) in [5.41, 5.74) is 2.98. The fraction of sp³-hybridized carbons (Fsp3) is 0.444. The van der Waals surface area contributed by atoms with Crippen molar-refractivity contribution in [2.45, 2.75) is 45.1 Å². The van der Waals surface area contributed by atoms with Gasteiger partial charge in [-0.25, -0.2) is 0 Å². The molecule has 0 saturated heterocycles. The Morgan fingerprint density at radius 3 is 2.15 bits per heavy atom. The fourth-order valence-electron chi connectivity index (χ4n) is 2.96. The Bertz CT molecular complexity index is 581. The lowest BCUT2D eigenvalue weighted by Crippen LogP contribution is -2.11. The van der Waals surface area contributed by atoms with E-state index in [2.05, 4.69) is 57.2 Å². The first kappa shape index (κ1) is 13.8. The van der Waals surface area contributed by atoms with Gasteiger partial charge in [0.2, 0.25) is 0 Å². The van der Waals surface area contributed by atoms with Crippen LogP contribution < -0.4 is 0 Å². The van der Waals surface area contributed by atoms with E-state index in [0.717, 1.165) is 17.7 Å². The van der Waals surface area contributed by atoms with Crippen LogP contribution in [0.4, 0.5) is 0 Å². The van der Waals surface area contributed by atoms with E-state index in [1.165, 1.54) is 16.0 Å². The molecule has 1 heterocycles. The van der Waals surface area contributed by atoms with Gasteiger partial charge in [0.15, 0.2) is 0 Å². The van der Waals surface area contributed by atoms with Gasteiger partial charge in [-0.1, -0.05) is 45.0 Å². The minimum Gasteiger partial charge on any atom is -0.387 e. The van der Waals surface area contributed by atoms with E-state index in [4.69, 9.17) is 0 Å². The highest BCUT2D eigenvalue weighted by Gasteiger charge is 2.29. The van der Waals surface area contributed by atoms with Crippen LogP contribution in [0.1, 0.15) is 47.8 Å². The minimum atomic E-state index is -0.330. The molecule has 106 valence electrons. The van der Waals surface area contributed by atoms with Crippen molar-refractivity contribution >= 4 is 11.3 Å². The molecule has 0 spiro atoms. The van der Waals surface area contributed by atoms with E-state index < -0.39 is 0 Å². The number of fused-ring (bicyclic) bond motifs is 1. The van der Waals surface area contributed by atoms with Crippen LogP contribution in [0.15, 0.2) is 36.4 Å². The third-order valence-corrected chi connectivity index (χ3v) is 5.77. The first-order valence-corrected chi connectivity index (χ1v) is 8.12. The van der Waals surface area contributed by atoms with E-state index in [1.807, 2.05) is 0 Å². The molecule has 0 radical (unpaired) electrons. The number of aliphatic hydroxyl groups excluding tert-OH is 1. The smallest absolute Gasteiger partial charge is 0.0916 e. The molecule has 1 unspecified atom stereocenters. The summed E-state index contributed by atoms with van der Waals surface area (Å²) in [5, 5.41) is 10.7. The van der Waals surface area contributed by atoms with Gasteiger partial charge in [-0.05, 0) is 47.4 Å². The van der Waals surface area contributed by atoms with Gasteiger partial charge in [0.05, 0.1) is 6.10 Å². The molecular formula is C18H22OS. The molecule has 3 rings (SSSR count). The van der Waals surface area contributed by atoms with E-state index in [1.54, 1.807) is 11.3 Å². The molecule has 1 aliphatic rings. The van der Waals surface area contributed by atoms with Crippen molar-refractivity contribution in [1.82, 2.24) is 0 Å². The Labute approximate surface area is 125 Å². The van der Waals surface area contributed by atoms with Crippen molar-refractivity contribution in [3.8, 4) is 0 Å². The molecular weight excluding hydrogens is 264 g/mol. The second-order valence-electron chi connectivity index (χ2n) is 6.83. The van der Waals surface area contributed by atoms with Crippen LogP contribution in [0.2, 0.25) is 0 Å². The van der Waals surface area contributed by atoms with Crippen LogP contribution >= 0.6 is 11.3 Å². The third kappa shape index (κ3) is 2.55.